The molecule has 0 fully saturated rings. The number of aromatic nitrogens is 5. The Morgan fingerprint density at radius 3 is 2.71 bits per heavy atom. The fraction of sp³-hybridized carbons (Fsp3) is 0.286. The van der Waals surface area contributed by atoms with Gasteiger partial charge in [0.2, 0.25) is 15.0 Å². The minimum atomic E-state index is -3.58. The zero-order chi connectivity index (χ0) is 17.5. The van der Waals surface area contributed by atoms with E-state index in [0.717, 1.165) is 6.26 Å². The van der Waals surface area contributed by atoms with Crippen molar-refractivity contribution in [3.63, 3.8) is 0 Å². The second kappa shape index (κ2) is 5.71. The first kappa shape index (κ1) is 16.1. The molecule has 0 bridgehead atoms. The van der Waals surface area contributed by atoms with E-state index >= 15 is 0 Å². The third-order valence-corrected chi connectivity index (χ3v) is 4.50. The van der Waals surface area contributed by atoms with Gasteiger partial charge in [-0.2, -0.15) is 0 Å². The number of fused-ring (bicyclic) bond motifs is 1. The molecule has 0 aliphatic carbocycles. The van der Waals surface area contributed by atoms with Crippen LogP contribution in [0, 0.1) is 0 Å². The number of pyridine rings is 1. The monoisotopic (exact) mass is 348 g/mol. The third kappa shape index (κ3) is 2.75. The maximum absolute atomic E-state index is 12.6. The molecule has 126 valence electrons. The highest BCUT2D eigenvalue weighted by molar-refractivity contribution is 7.90. The molecule has 24 heavy (non-hydrogen) atoms. The summed E-state index contributed by atoms with van der Waals surface area (Å²) in [4.78, 5) is 16.6. The van der Waals surface area contributed by atoms with E-state index in [4.69, 9.17) is 0 Å². The number of carbonyl (C=O) groups excluding carboxylic acids is 1. The van der Waals surface area contributed by atoms with Crippen LogP contribution < -0.4 is 5.32 Å². The number of nitrogens with zero attached hydrogens (tertiary/aromatic N) is 5. The Bertz CT molecular complexity index is 1020. The van der Waals surface area contributed by atoms with Crippen LogP contribution in [0.5, 0.6) is 0 Å². The summed E-state index contributed by atoms with van der Waals surface area (Å²) in [6.45, 7) is 1.76. The standard InChI is InChI=1S/C14H16N6O3S/c1-9(12-18-15-8-19(12)2)16-13(21)11-10-6-4-5-7-20(10)14(17-11)24(3,22)23/h4-9H,1-3H3,(H,16,21). The molecule has 1 unspecified atom stereocenters. The molecule has 10 heteroatoms. The van der Waals surface area contributed by atoms with Crippen LogP contribution in [0.15, 0.2) is 35.9 Å². The number of rotatable bonds is 4. The number of aryl methyl sites for hydroxylation is 1. The first-order valence-electron chi connectivity index (χ1n) is 7.11. The quantitative estimate of drug-likeness (QED) is 0.728. The number of hydrogen-bond donors (Lipinski definition) is 1. The Morgan fingerprint density at radius 2 is 2.08 bits per heavy atom. The first-order valence-corrected chi connectivity index (χ1v) is 9.00. The second-order valence-electron chi connectivity index (χ2n) is 5.47. The lowest BCUT2D eigenvalue weighted by molar-refractivity contribution is 0.0934. The predicted octanol–water partition coefficient (Wildman–Crippen LogP) is 0.357. The molecule has 9 nitrogen and oxygen atoms in total. The molecule has 0 radical (unpaired) electrons. The molecule has 1 atom stereocenters. The third-order valence-electron chi connectivity index (χ3n) is 3.54. The Morgan fingerprint density at radius 1 is 1.33 bits per heavy atom. The molecule has 0 saturated carbocycles. The maximum Gasteiger partial charge on any atom is 0.272 e. The highest BCUT2D eigenvalue weighted by Gasteiger charge is 2.24. The number of sulfone groups is 1. The van der Waals surface area contributed by atoms with Crippen molar-refractivity contribution in [3.05, 3.63) is 42.2 Å². The van der Waals surface area contributed by atoms with Crippen molar-refractivity contribution in [2.75, 3.05) is 6.26 Å². The SMILES string of the molecule is CC(NC(=O)c1nc(S(C)(=O)=O)n2ccccc12)c1nncn1C. The molecule has 0 spiro atoms. The summed E-state index contributed by atoms with van der Waals surface area (Å²) >= 11 is 0. The Labute approximate surface area is 138 Å². The average Bonchev–Trinajstić information content (AvgIpc) is 3.10. The van der Waals surface area contributed by atoms with Gasteiger partial charge in [-0.05, 0) is 19.1 Å². The smallest absolute Gasteiger partial charge is 0.272 e. The summed E-state index contributed by atoms with van der Waals surface area (Å²) in [7, 11) is -1.81. The van der Waals surface area contributed by atoms with E-state index in [9.17, 15) is 13.2 Å². The molecular formula is C14H16N6O3S. The summed E-state index contributed by atoms with van der Waals surface area (Å²) < 4.78 is 26.9. The van der Waals surface area contributed by atoms with E-state index in [-0.39, 0.29) is 10.9 Å². The number of hydrogen-bond acceptors (Lipinski definition) is 6. The molecule has 0 aliphatic rings. The molecule has 0 aliphatic heterocycles. The van der Waals surface area contributed by atoms with Crippen molar-refractivity contribution >= 4 is 21.3 Å². The van der Waals surface area contributed by atoms with Gasteiger partial charge in [0.15, 0.2) is 11.5 Å². The zero-order valence-electron chi connectivity index (χ0n) is 13.3. The highest BCUT2D eigenvalue weighted by Crippen LogP contribution is 2.18. The molecular weight excluding hydrogens is 332 g/mol. The summed E-state index contributed by atoms with van der Waals surface area (Å²) in [6, 6.07) is 4.62. The van der Waals surface area contributed by atoms with Crippen molar-refractivity contribution in [1.29, 1.82) is 0 Å². The van der Waals surface area contributed by atoms with Gasteiger partial charge in [0.25, 0.3) is 5.91 Å². The van der Waals surface area contributed by atoms with Gasteiger partial charge in [-0.25, -0.2) is 13.4 Å². The maximum atomic E-state index is 12.6. The van der Waals surface area contributed by atoms with Crippen LogP contribution in [0.3, 0.4) is 0 Å². The molecule has 3 heterocycles. The second-order valence-corrected chi connectivity index (χ2v) is 7.38. The molecule has 3 aromatic heterocycles. The lowest BCUT2D eigenvalue weighted by Gasteiger charge is -2.11. The van der Waals surface area contributed by atoms with Gasteiger partial charge in [-0.15, -0.1) is 10.2 Å². The fourth-order valence-corrected chi connectivity index (χ4v) is 3.23. The van der Waals surface area contributed by atoms with Crippen LogP contribution in [0.25, 0.3) is 5.52 Å². The highest BCUT2D eigenvalue weighted by atomic mass is 32.2. The normalized spacial score (nSPS) is 13.1. The van der Waals surface area contributed by atoms with E-state index in [1.807, 2.05) is 0 Å². The zero-order valence-corrected chi connectivity index (χ0v) is 14.1. The van der Waals surface area contributed by atoms with Crippen molar-refractivity contribution < 1.29 is 13.2 Å². The van der Waals surface area contributed by atoms with Crippen molar-refractivity contribution in [3.8, 4) is 0 Å². The molecule has 0 aromatic carbocycles. The minimum Gasteiger partial charge on any atom is -0.341 e. The van der Waals surface area contributed by atoms with E-state index in [1.165, 1.54) is 10.7 Å². The molecule has 3 aromatic rings. The van der Waals surface area contributed by atoms with Crippen LogP contribution in [0.4, 0.5) is 0 Å². The lowest BCUT2D eigenvalue weighted by Crippen LogP contribution is -2.28. The number of imidazole rings is 1. The Kier molecular flexibility index (Phi) is 3.84. The van der Waals surface area contributed by atoms with Gasteiger partial charge in [0.1, 0.15) is 6.33 Å². The van der Waals surface area contributed by atoms with E-state index < -0.39 is 21.8 Å². The topological polar surface area (TPSA) is 111 Å². The largest absolute Gasteiger partial charge is 0.341 e. The number of amides is 1. The molecule has 0 saturated heterocycles. The van der Waals surface area contributed by atoms with Crippen LogP contribution >= 0.6 is 0 Å². The Hall–Kier alpha value is -2.75. The van der Waals surface area contributed by atoms with Crippen LogP contribution in [0.1, 0.15) is 29.3 Å². The summed E-state index contributed by atoms with van der Waals surface area (Å²) in [5, 5.41) is 10.3. The number of carbonyl (C=O) groups is 1. The van der Waals surface area contributed by atoms with Gasteiger partial charge in [-0.1, -0.05) is 6.07 Å². The predicted molar refractivity (Wildman–Crippen MR) is 85.2 cm³/mol. The van der Waals surface area contributed by atoms with Crippen LogP contribution in [-0.4, -0.2) is 44.7 Å². The van der Waals surface area contributed by atoms with Gasteiger partial charge in [0, 0.05) is 19.5 Å². The summed E-state index contributed by atoms with van der Waals surface area (Å²) in [6.07, 6.45) is 4.14. The van der Waals surface area contributed by atoms with Gasteiger partial charge in [0.05, 0.1) is 11.6 Å². The lowest BCUT2D eigenvalue weighted by atomic mass is 10.2. The summed E-state index contributed by atoms with van der Waals surface area (Å²) in [5.41, 5.74) is 0.464. The summed E-state index contributed by atoms with van der Waals surface area (Å²) in [5.74, 6) is 0.0966. The van der Waals surface area contributed by atoms with Crippen LogP contribution in [0.2, 0.25) is 0 Å². The van der Waals surface area contributed by atoms with E-state index in [2.05, 4.69) is 20.5 Å². The van der Waals surface area contributed by atoms with Crippen molar-refractivity contribution in [2.45, 2.75) is 18.1 Å². The molecule has 3 rings (SSSR count). The van der Waals surface area contributed by atoms with Crippen molar-refractivity contribution in [2.24, 2.45) is 7.05 Å². The first-order chi connectivity index (χ1) is 11.3. The Balaban J connectivity index is 2.00. The number of nitrogens with one attached hydrogen (secondary N) is 1. The van der Waals surface area contributed by atoms with Gasteiger partial charge < -0.3 is 9.88 Å². The van der Waals surface area contributed by atoms with Gasteiger partial charge >= 0.3 is 0 Å². The van der Waals surface area contributed by atoms with Gasteiger partial charge in [-0.3, -0.25) is 9.20 Å². The van der Waals surface area contributed by atoms with Crippen LogP contribution in [-0.2, 0) is 16.9 Å². The molecule has 1 amide bonds. The molecule has 1 N–H and O–H groups in total. The fourth-order valence-electron chi connectivity index (χ4n) is 2.45. The average molecular weight is 348 g/mol. The van der Waals surface area contributed by atoms with E-state index in [1.54, 1.807) is 42.9 Å². The van der Waals surface area contributed by atoms with Crippen molar-refractivity contribution in [1.82, 2.24) is 29.5 Å². The van der Waals surface area contributed by atoms with E-state index in [0.29, 0.717) is 11.3 Å². The minimum absolute atomic E-state index is 0.0463.